The normalized spacial score (nSPS) is 10.8. The van der Waals surface area contributed by atoms with Crippen molar-refractivity contribution in [3.05, 3.63) is 87.9 Å². The fourth-order valence-corrected chi connectivity index (χ4v) is 2.81. The molecule has 3 aromatic rings. The molecule has 0 spiro atoms. The summed E-state index contributed by atoms with van der Waals surface area (Å²) in [5.74, 6) is 1.28. The second-order valence-corrected chi connectivity index (χ2v) is 6.58. The van der Waals surface area contributed by atoms with E-state index < -0.39 is 0 Å². The van der Waals surface area contributed by atoms with Crippen molar-refractivity contribution in [3.63, 3.8) is 0 Å². The van der Waals surface area contributed by atoms with Crippen LogP contribution in [0.1, 0.15) is 11.1 Å². The SMILES string of the molecule is COc1cc(C=NNc2cccc(Cl)c2)ccc1OCc1cccc(Cl)c1. The fourth-order valence-electron chi connectivity index (χ4n) is 2.41. The molecule has 3 rings (SSSR count). The van der Waals surface area contributed by atoms with E-state index >= 15 is 0 Å². The molecule has 0 radical (unpaired) electrons. The van der Waals surface area contributed by atoms with E-state index in [0.29, 0.717) is 28.2 Å². The van der Waals surface area contributed by atoms with Crippen LogP contribution >= 0.6 is 23.2 Å². The molecular formula is C21H18Cl2N2O2. The second kappa shape index (κ2) is 9.31. The van der Waals surface area contributed by atoms with Gasteiger partial charge in [0.25, 0.3) is 0 Å². The number of hydrogen-bond acceptors (Lipinski definition) is 4. The first-order chi connectivity index (χ1) is 13.1. The Morgan fingerprint density at radius 1 is 0.926 bits per heavy atom. The van der Waals surface area contributed by atoms with Crippen LogP contribution in [0, 0.1) is 0 Å². The Kier molecular flexibility index (Phi) is 6.58. The highest BCUT2D eigenvalue weighted by Crippen LogP contribution is 2.28. The Bertz CT molecular complexity index is 945. The standard InChI is InChI=1S/C21H18Cl2N2O2/c1-26-21-11-15(13-24-25-19-7-3-6-18(23)12-19)8-9-20(21)27-14-16-4-2-5-17(22)10-16/h2-13,25H,14H2,1H3. The van der Waals surface area contributed by atoms with Crippen molar-refractivity contribution in [3.8, 4) is 11.5 Å². The highest BCUT2D eigenvalue weighted by atomic mass is 35.5. The predicted molar refractivity (Wildman–Crippen MR) is 111 cm³/mol. The molecule has 0 heterocycles. The Labute approximate surface area is 168 Å². The molecule has 1 N–H and O–H groups in total. The summed E-state index contributed by atoms with van der Waals surface area (Å²) in [7, 11) is 1.60. The predicted octanol–water partition coefficient (Wildman–Crippen LogP) is 6.03. The number of benzene rings is 3. The summed E-state index contributed by atoms with van der Waals surface area (Å²) < 4.78 is 11.3. The maximum absolute atomic E-state index is 6.00. The third-order valence-electron chi connectivity index (χ3n) is 3.70. The summed E-state index contributed by atoms with van der Waals surface area (Å²) in [5.41, 5.74) is 5.61. The van der Waals surface area contributed by atoms with Gasteiger partial charge in [0.05, 0.1) is 19.0 Å². The van der Waals surface area contributed by atoms with Gasteiger partial charge in [-0.2, -0.15) is 5.10 Å². The number of hydrogen-bond donors (Lipinski definition) is 1. The molecule has 0 amide bonds. The van der Waals surface area contributed by atoms with Gasteiger partial charge in [0.1, 0.15) is 6.61 Å². The van der Waals surface area contributed by atoms with Crippen molar-refractivity contribution in [2.75, 3.05) is 12.5 Å². The Morgan fingerprint density at radius 2 is 1.70 bits per heavy atom. The summed E-state index contributed by atoms with van der Waals surface area (Å²) in [4.78, 5) is 0. The monoisotopic (exact) mass is 400 g/mol. The van der Waals surface area contributed by atoms with Crippen molar-refractivity contribution in [2.45, 2.75) is 6.61 Å². The van der Waals surface area contributed by atoms with Crippen LogP contribution in [0.4, 0.5) is 5.69 Å². The molecule has 0 aromatic heterocycles. The van der Waals surface area contributed by atoms with Gasteiger partial charge in [-0.1, -0.05) is 41.4 Å². The molecule has 0 atom stereocenters. The molecule has 27 heavy (non-hydrogen) atoms. The molecule has 3 aromatic carbocycles. The molecule has 0 bridgehead atoms. The molecule has 0 saturated heterocycles. The topological polar surface area (TPSA) is 42.8 Å². The molecule has 6 heteroatoms. The molecule has 0 aliphatic rings. The van der Waals surface area contributed by atoms with Crippen LogP contribution in [-0.4, -0.2) is 13.3 Å². The molecule has 0 fully saturated rings. The molecule has 0 unspecified atom stereocenters. The van der Waals surface area contributed by atoms with Crippen LogP contribution in [0.5, 0.6) is 11.5 Å². The van der Waals surface area contributed by atoms with Crippen molar-refractivity contribution in [1.29, 1.82) is 0 Å². The van der Waals surface area contributed by atoms with Gasteiger partial charge in [-0.05, 0) is 59.7 Å². The zero-order valence-corrected chi connectivity index (χ0v) is 16.2. The van der Waals surface area contributed by atoms with Gasteiger partial charge in [0.15, 0.2) is 11.5 Å². The van der Waals surface area contributed by atoms with Crippen molar-refractivity contribution < 1.29 is 9.47 Å². The van der Waals surface area contributed by atoms with Gasteiger partial charge in [0, 0.05) is 10.0 Å². The highest BCUT2D eigenvalue weighted by molar-refractivity contribution is 6.31. The van der Waals surface area contributed by atoms with Crippen LogP contribution in [-0.2, 0) is 6.61 Å². The molecular weight excluding hydrogens is 383 g/mol. The average Bonchev–Trinajstić information content (AvgIpc) is 2.67. The number of nitrogens with one attached hydrogen (secondary N) is 1. The van der Waals surface area contributed by atoms with Gasteiger partial charge in [-0.3, -0.25) is 5.43 Å². The van der Waals surface area contributed by atoms with E-state index in [1.54, 1.807) is 19.4 Å². The Morgan fingerprint density at radius 3 is 2.44 bits per heavy atom. The lowest BCUT2D eigenvalue weighted by molar-refractivity contribution is 0.284. The van der Waals surface area contributed by atoms with Crippen molar-refractivity contribution >= 4 is 35.1 Å². The van der Waals surface area contributed by atoms with E-state index in [1.165, 1.54) is 0 Å². The van der Waals surface area contributed by atoms with Crippen LogP contribution in [0.15, 0.2) is 71.8 Å². The number of methoxy groups -OCH3 is 1. The average molecular weight is 401 g/mol. The zero-order valence-electron chi connectivity index (χ0n) is 14.7. The lowest BCUT2D eigenvalue weighted by atomic mass is 10.2. The maximum atomic E-state index is 6.00. The number of ether oxygens (including phenoxy) is 2. The number of hydrazone groups is 1. The summed E-state index contributed by atoms with van der Waals surface area (Å²) in [6.45, 7) is 0.403. The number of halogens is 2. The van der Waals surface area contributed by atoms with Crippen molar-refractivity contribution in [1.82, 2.24) is 0 Å². The number of anilines is 1. The van der Waals surface area contributed by atoms with E-state index in [4.69, 9.17) is 32.7 Å². The van der Waals surface area contributed by atoms with E-state index in [0.717, 1.165) is 16.8 Å². The minimum atomic E-state index is 0.403. The number of rotatable bonds is 7. The smallest absolute Gasteiger partial charge is 0.161 e. The summed E-state index contributed by atoms with van der Waals surface area (Å²) in [5, 5.41) is 5.55. The molecule has 138 valence electrons. The van der Waals surface area contributed by atoms with Crippen molar-refractivity contribution in [2.24, 2.45) is 5.10 Å². The first-order valence-corrected chi connectivity index (χ1v) is 8.99. The minimum Gasteiger partial charge on any atom is -0.493 e. The van der Waals surface area contributed by atoms with Gasteiger partial charge in [0.2, 0.25) is 0 Å². The van der Waals surface area contributed by atoms with Gasteiger partial charge in [-0.25, -0.2) is 0 Å². The third-order valence-corrected chi connectivity index (χ3v) is 4.17. The lowest BCUT2D eigenvalue weighted by Crippen LogP contribution is -1.98. The largest absolute Gasteiger partial charge is 0.493 e. The van der Waals surface area contributed by atoms with E-state index in [9.17, 15) is 0 Å². The quantitative estimate of drug-likeness (QED) is 0.389. The molecule has 4 nitrogen and oxygen atoms in total. The Hall–Kier alpha value is -2.69. The third kappa shape index (κ3) is 5.64. The van der Waals surface area contributed by atoms with Crippen LogP contribution < -0.4 is 14.9 Å². The highest BCUT2D eigenvalue weighted by Gasteiger charge is 2.06. The minimum absolute atomic E-state index is 0.403. The fraction of sp³-hybridized carbons (Fsp3) is 0.0952. The van der Waals surface area contributed by atoms with E-state index in [-0.39, 0.29) is 0 Å². The first-order valence-electron chi connectivity index (χ1n) is 8.24. The summed E-state index contributed by atoms with van der Waals surface area (Å²) in [6, 6.07) is 20.5. The summed E-state index contributed by atoms with van der Waals surface area (Å²) in [6.07, 6.45) is 1.70. The van der Waals surface area contributed by atoms with Crippen LogP contribution in [0.2, 0.25) is 10.0 Å². The summed E-state index contributed by atoms with van der Waals surface area (Å²) >= 11 is 12.0. The molecule has 0 saturated carbocycles. The zero-order chi connectivity index (χ0) is 19.1. The van der Waals surface area contributed by atoms with Crippen LogP contribution in [0.25, 0.3) is 0 Å². The maximum Gasteiger partial charge on any atom is 0.161 e. The Balaban J connectivity index is 1.65. The molecule has 0 aliphatic carbocycles. The van der Waals surface area contributed by atoms with E-state index in [2.05, 4.69) is 10.5 Å². The van der Waals surface area contributed by atoms with Gasteiger partial charge in [-0.15, -0.1) is 0 Å². The van der Waals surface area contributed by atoms with Gasteiger partial charge >= 0.3 is 0 Å². The number of nitrogens with zero attached hydrogens (tertiary/aromatic N) is 1. The lowest BCUT2D eigenvalue weighted by Gasteiger charge is -2.11. The molecule has 0 aliphatic heterocycles. The van der Waals surface area contributed by atoms with Crippen LogP contribution in [0.3, 0.4) is 0 Å². The van der Waals surface area contributed by atoms with Gasteiger partial charge < -0.3 is 9.47 Å². The second-order valence-electron chi connectivity index (χ2n) is 5.71. The van der Waals surface area contributed by atoms with E-state index in [1.807, 2.05) is 60.7 Å². The first kappa shape index (κ1) is 19.1.